The average Bonchev–Trinajstić information content (AvgIpc) is 3.02. The van der Waals surface area contributed by atoms with Gasteiger partial charge in [-0.1, -0.05) is 18.2 Å². The number of nitrogens with one attached hydrogen (secondary N) is 2. The minimum absolute atomic E-state index is 0.0222. The van der Waals surface area contributed by atoms with Crippen LogP contribution in [0.1, 0.15) is 0 Å². The highest BCUT2D eigenvalue weighted by Gasteiger charge is 2.23. The van der Waals surface area contributed by atoms with Gasteiger partial charge in [0.05, 0.1) is 10.6 Å². The zero-order chi connectivity index (χ0) is 35.7. The Bertz CT molecular complexity index is 2400. The number of aromatic nitrogens is 3. The minimum Gasteiger partial charge on any atom is -0.351 e. The van der Waals surface area contributed by atoms with Crippen LogP contribution in [-0.2, 0) is 31.3 Å². The third kappa shape index (κ3) is 8.29. The Morgan fingerprint density at radius 1 is 0.898 bits per heavy atom. The van der Waals surface area contributed by atoms with Crippen molar-refractivity contribution in [2.75, 3.05) is 22.6 Å². The van der Waals surface area contributed by atoms with Gasteiger partial charge in [0.15, 0.2) is 11.1 Å². The van der Waals surface area contributed by atoms with E-state index in [-0.39, 0.29) is 45.0 Å². The molecule has 0 saturated carbocycles. The van der Waals surface area contributed by atoms with Crippen LogP contribution >= 0.6 is 11.6 Å². The monoisotopic (exact) mass is 747 g/mol. The lowest BCUT2D eigenvalue weighted by molar-refractivity contribution is 0.259. The number of amides is 2. The highest BCUT2D eigenvalue weighted by atomic mass is 35.5. The molecule has 0 aliphatic heterocycles. The summed E-state index contributed by atoms with van der Waals surface area (Å²) in [5.74, 6) is 0.228. The van der Waals surface area contributed by atoms with E-state index in [4.69, 9.17) is 17.3 Å². The lowest BCUT2D eigenvalue weighted by Gasteiger charge is -2.18. The summed E-state index contributed by atoms with van der Waals surface area (Å²) in [6.45, 7) is 0. The van der Waals surface area contributed by atoms with Crippen LogP contribution in [0.3, 0.4) is 0 Å². The summed E-state index contributed by atoms with van der Waals surface area (Å²) in [6.07, 6.45) is 0. The van der Waals surface area contributed by atoms with Crippen molar-refractivity contribution in [3.63, 3.8) is 0 Å². The first-order valence-corrected chi connectivity index (χ1v) is 17.6. The number of urea groups is 1. The quantitative estimate of drug-likeness (QED) is 0.0611. The maximum absolute atomic E-state index is 12.3. The third-order valence-electron chi connectivity index (χ3n) is 6.54. The van der Waals surface area contributed by atoms with E-state index in [9.17, 15) is 39.5 Å². The molecule has 22 heteroatoms. The van der Waals surface area contributed by atoms with Crippen LogP contribution in [0, 0.1) is 0 Å². The molecular formula is C27H22ClN9O9S3. The van der Waals surface area contributed by atoms with Gasteiger partial charge in [-0.05, 0) is 71.6 Å². The zero-order valence-corrected chi connectivity index (χ0v) is 27.8. The molecule has 0 saturated heterocycles. The third-order valence-corrected chi connectivity index (χ3v) is 9.13. The van der Waals surface area contributed by atoms with Crippen molar-refractivity contribution in [1.82, 2.24) is 15.0 Å². The number of carbonyl (C=O) groups excluding carboxylic acids is 1. The molecule has 0 aliphatic carbocycles. The number of nitrogens with two attached hydrogens (primary N) is 1. The van der Waals surface area contributed by atoms with E-state index in [0.717, 1.165) is 23.9 Å². The molecule has 0 fully saturated rings. The number of para-hydroxylation sites is 1. The zero-order valence-electron chi connectivity index (χ0n) is 24.6. The fraction of sp³-hybridized carbons (Fsp3) is 0.0370. The summed E-state index contributed by atoms with van der Waals surface area (Å²) in [7, 11) is -8.34. The normalized spacial score (nSPS) is 12.6. The molecule has 2 amide bonds. The number of rotatable bonds is 10. The Hall–Kier alpha value is -5.16. The molecular weight excluding hydrogens is 726 g/mol. The lowest BCUT2D eigenvalue weighted by atomic mass is 10.1. The Morgan fingerprint density at radius 2 is 1.57 bits per heavy atom. The summed E-state index contributed by atoms with van der Waals surface area (Å²) in [5.41, 5.74) is 5.65. The van der Waals surface area contributed by atoms with Gasteiger partial charge in [0.25, 0.3) is 20.2 Å². The second-order valence-corrected chi connectivity index (χ2v) is 13.9. The molecule has 49 heavy (non-hydrogen) atoms. The molecule has 5 aromatic rings. The predicted octanol–water partition coefficient (Wildman–Crippen LogP) is 5.17. The highest BCUT2D eigenvalue weighted by Crippen LogP contribution is 2.37. The van der Waals surface area contributed by atoms with Gasteiger partial charge in [0.1, 0.15) is 21.2 Å². The number of hydrogen-bond acceptors (Lipinski definition) is 13. The van der Waals surface area contributed by atoms with Crippen molar-refractivity contribution in [3.05, 3.63) is 78.1 Å². The molecule has 0 bridgehead atoms. The van der Waals surface area contributed by atoms with Gasteiger partial charge in [-0.25, -0.2) is 9.00 Å². The van der Waals surface area contributed by atoms with E-state index >= 15 is 0 Å². The van der Waals surface area contributed by atoms with Gasteiger partial charge in [-0.3, -0.25) is 9.11 Å². The summed E-state index contributed by atoms with van der Waals surface area (Å²) in [6, 6.07) is 15.7. The number of nitrogens with zero attached hydrogens (tertiary/aromatic N) is 6. The first-order valence-electron chi connectivity index (χ1n) is 13.3. The van der Waals surface area contributed by atoms with Crippen LogP contribution in [0.2, 0.25) is 5.28 Å². The van der Waals surface area contributed by atoms with E-state index in [2.05, 4.69) is 35.8 Å². The van der Waals surface area contributed by atoms with Crippen LogP contribution in [0.4, 0.5) is 45.1 Å². The van der Waals surface area contributed by atoms with Gasteiger partial charge >= 0.3 is 6.03 Å². The maximum Gasteiger partial charge on any atom is 0.316 e. The number of halogens is 1. The topological polar surface area (TPSA) is 280 Å². The maximum atomic E-state index is 12.3. The highest BCUT2D eigenvalue weighted by molar-refractivity contribution is 7.86. The van der Waals surface area contributed by atoms with E-state index < -0.39 is 57.7 Å². The SMILES string of the molecule is CN(c1ccccc1)c1nc(Cl)nc(Nc2ccc(N=Nc3cc4c(S(=O)(=O)O)cc(S(=O)O)cc4cc3S(=O)(=O)O)c(NC(N)=O)c2)n1. The summed E-state index contributed by atoms with van der Waals surface area (Å²) < 4.78 is 89.6. The molecule has 5 rings (SSSR count). The molecule has 1 atom stereocenters. The first-order chi connectivity index (χ1) is 23.0. The van der Waals surface area contributed by atoms with Gasteiger partial charge in [0, 0.05) is 23.8 Å². The smallest absolute Gasteiger partial charge is 0.316 e. The standard InChI is InChI=1S/C27H22ClN9O9S3/c1-37(16-5-3-2-4-6-16)27-33-24(28)32-26(34-27)30-15-7-8-19(20(11-15)31-25(29)38)35-36-21-13-18-14(10-23(21)49(44,45)46)9-17(47(39)40)12-22(18)48(41,42)43/h2-13H,1H3,(H,39,40)(H3,29,31,38)(H,41,42,43)(H,44,45,46)(H,30,32,33,34). The molecule has 254 valence electrons. The van der Waals surface area contributed by atoms with Crippen molar-refractivity contribution in [3.8, 4) is 0 Å². The van der Waals surface area contributed by atoms with Crippen LogP contribution < -0.4 is 21.3 Å². The Labute approximate surface area is 284 Å². The molecule has 1 unspecified atom stereocenters. The fourth-order valence-corrected chi connectivity index (χ4v) is 6.45. The summed E-state index contributed by atoms with van der Waals surface area (Å²) >= 11 is 3.42. The minimum atomic E-state index is -5.05. The summed E-state index contributed by atoms with van der Waals surface area (Å²) in [5, 5.41) is 12.4. The number of primary amides is 1. The Balaban J connectivity index is 1.56. The van der Waals surface area contributed by atoms with Gasteiger partial charge < -0.3 is 25.8 Å². The van der Waals surface area contributed by atoms with E-state index in [0.29, 0.717) is 6.07 Å². The number of carbonyl (C=O) groups is 1. The number of hydrogen-bond donors (Lipinski definition) is 6. The molecule has 1 heterocycles. The van der Waals surface area contributed by atoms with Crippen LogP contribution in [-0.4, -0.2) is 62.7 Å². The van der Waals surface area contributed by atoms with Crippen LogP contribution in [0.15, 0.2) is 97.7 Å². The molecule has 4 aromatic carbocycles. The van der Waals surface area contributed by atoms with Crippen molar-refractivity contribution >= 4 is 100 Å². The molecule has 1 aromatic heterocycles. The molecule has 0 radical (unpaired) electrons. The van der Waals surface area contributed by atoms with E-state index in [1.165, 1.54) is 18.2 Å². The molecule has 0 aliphatic rings. The van der Waals surface area contributed by atoms with E-state index in [1.54, 1.807) is 11.9 Å². The second kappa shape index (κ2) is 13.8. The number of azo groups is 1. The largest absolute Gasteiger partial charge is 0.351 e. The Kier molecular flexibility index (Phi) is 9.87. The fourth-order valence-electron chi connectivity index (χ4n) is 4.40. The average molecular weight is 748 g/mol. The van der Waals surface area contributed by atoms with E-state index in [1.807, 2.05) is 30.3 Å². The van der Waals surface area contributed by atoms with Crippen molar-refractivity contribution < 1.29 is 39.5 Å². The Morgan fingerprint density at radius 3 is 2.20 bits per heavy atom. The van der Waals surface area contributed by atoms with Crippen LogP contribution in [0.25, 0.3) is 10.8 Å². The van der Waals surface area contributed by atoms with Crippen molar-refractivity contribution in [2.45, 2.75) is 14.7 Å². The number of benzene rings is 4. The van der Waals surface area contributed by atoms with Crippen LogP contribution in [0.5, 0.6) is 0 Å². The molecule has 0 spiro atoms. The van der Waals surface area contributed by atoms with Gasteiger partial charge in [-0.15, -0.1) is 10.2 Å². The van der Waals surface area contributed by atoms with Crippen molar-refractivity contribution in [2.24, 2.45) is 16.0 Å². The lowest BCUT2D eigenvalue weighted by Crippen LogP contribution is -2.19. The van der Waals surface area contributed by atoms with Gasteiger partial charge in [-0.2, -0.15) is 31.8 Å². The number of anilines is 5. The molecule has 7 N–H and O–H groups in total. The second-order valence-electron chi connectivity index (χ2n) is 9.83. The first kappa shape index (κ1) is 35.2. The summed E-state index contributed by atoms with van der Waals surface area (Å²) in [4.78, 5) is 23.9. The van der Waals surface area contributed by atoms with Crippen molar-refractivity contribution in [1.29, 1.82) is 0 Å². The number of fused-ring (bicyclic) bond motifs is 1. The predicted molar refractivity (Wildman–Crippen MR) is 179 cm³/mol. The van der Waals surface area contributed by atoms with Gasteiger partial charge in [0.2, 0.25) is 17.2 Å². The molecule has 18 nitrogen and oxygen atoms in total.